The number of hydrogen-bond donors (Lipinski definition) is 1. The summed E-state index contributed by atoms with van der Waals surface area (Å²) in [5, 5.41) is 2.49. The molecule has 0 aromatic heterocycles. The van der Waals surface area contributed by atoms with Crippen LogP contribution in [0.1, 0.15) is 16.7 Å². The maximum absolute atomic E-state index is 11.8. The molecule has 0 aliphatic carbocycles. The highest BCUT2D eigenvalue weighted by Crippen LogP contribution is 2.21. The highest BCUT2D eigenvalue weighted by Gasteiger charge is 2.09. The van der Waals surface area contributed by atoms with Crippen LogP contribution in [0.25, 0.3) is 0 Å². The maximum atomic E-state index is 11.8. The van der Waals surface area contributed by atoms with Gasteiger partial charge in [-0.3, -0.25) is 9.59 Å². The molecule has 24 heavy (non-hydrogen) atoms. The molecule has 2 rings (SSSR count). The number of ether oxygens (including phenoxy) is 2. The van der Waals surface area contributed by atoms with E-state index >= 15 is 0 Å². The number of rotatable bonds is 7. The molecule has 0 radical (unpaired) electrons. The number of aryl methyl sites for hydroxylation is 2. The fraction of sp³-hybridized carbons (Fsp3) is 0.263. The third kappa shape index (κ3) is 5.43. The normalized spacial score (nSPS) is 10.1. The van der Waals surface area contributed by atoms with Gasteiger partial charge in [-0.15, -0.1) is 0 Å². The summed E-state index contributed by atoms with van der Waals surface area (Å²) in [7, 11) is 0. The molecule has 0 spiro atoms. The Hall–Kier alpha value is -2.82. The molecule has 2 aromatic carbocycles. The van der Waals surface area contributed by atoms with Crippen molar-refractivity contribution < 1.29 is 19.1 Å². The molecule has 0 bridgehead atoms. The molecule has 0 unspecified atom stereocenters. The molecular formula is C19H21NO4. The number of esters is 1. The van der Waals surface area contributed by atoms with E-state index in [1.807, 2.05) is 62.4 Å². The first-order valence-corrected chi connectivity index (χ1v) is 7.71. The predicted octanol–water partition coefficient (Wildman–Crippen LogP) is 2.54. The summed E-state index contributed by atoms with van der Waals surface area (Å²) in [6.45, 7) is 3.70. The second-order valence-electron chi connectivity index (χ2n) is 5.43. The minimum Gasteiger partial charge on any atom is -0.483 e. The van der Waals surface area contributed by atoms with Gasteiger partial charge in [0.1, 0.15) is 18.9 Å². The van der Waals surface area contributed by atoms with Crippen molar-refractivity contribution in [3.63, 3.8) is 0 Å². The third-order valence-corrected chi connectivity index (χ3v) is 3.43. The molecule has 0 saturated carbocycles. The Morgan fingerprint density at radius 2 is 1.62 bits per heavy atom. The van der Waals surface area contributed by atoms with Crippen molar-refractivity contribution in [2.75, 3.05) is 13.2 Å². The second kappa shape index (κ2) is 8.72. The number of carbonyl (C=O) groups is 2. The van der Waals surface area contributed by atoms with Gasteiger partial charge in [-0.1, -0.05) is 48.5 Å². The van der Waals surface area contributed by atoms with Crippen LogP contribution in [0.15, 0.2) is 48.5 Å². The number of carbonyl (C=O) groups excluding carboxylic acids is 2. The van der Waals surface area contributed by atoms with Crippen molar-refractivity contribution in [2.24, 2.45) is 0 Å². The van der Waals surface area contributed by atoms with Gasteiger partial charge in [0.2, 0.25) is 0 Å². The van der Waals surface area contributed by atoms with E-state index in [2.05, 4.69) is 5.32 Å². The zero-order valence-electron chi connectivity index (χ0n) is 13.9. The molecule has 1 amide bonds. The largest absolute Gasteiger partial charge is 0.483 e. The average molecular weight is 327 g/mol. The average Bonchev–Trinajstić information content (AvgIpc) is 2.58. The first-order valence-electron chi connectivity index (χ1n) is 7.71. The van der Waals surface area contributed by atoms with Crippen molar-refractivity contribution >= 4 is 11.9 Å². The van der Waals surface area contributed by atoms with E-state index in [1.165, 1.54) is 0 Å². The smallest absolute Gasteiger partial charge is 0.325 e. The van der Waals surface area contributed by atoms with Gasteiger partial charge in [-0.05, 0) is 30.5 Å². The molecule has 0 fully saturated rings. The Morgan fingerprint density at radius 3 is 2.29 bits per heavy atom. The van der Waals surface area contributed by atoms with Crippen LogP contribution in [-0.2, 0) is 20.9 Å². The van der Waals surface area contributed by atoms with Crippen molar-refractivity contribution in [1.82, 2.24) is 5.32 Å². The summed E-state index contributed by atoms with van der Waals surface area (Å²) < 4.78 is 10.6. The quantitative estimate of drug-likeness (QED) is 0.794. The Bertz CT molecular complexity index is 678. The summed E-state index contributed by atoms with van der Waals surface area (Å²) in [6, 6.07) is 15.1. The lowest BCUT2D eigenvalue weighted by atomic mass is 10.1. The minimum absolute atomic E-state index is 0.141. The summed E-state index contributed by atoms with van der Waals surface area (Å²) >= 11 is 0. The van der Waals surface area contributed by atoms with E-state index in [1.54, 1.807) is 0 Å². The maximum Gasteiger partial charge on any atom is 0.325 e. The molecular weight excluding hydrogens is 306 g/mol. The van der Waals surface area contributed by atoms with Crippen LogP contribution < -0.4 is 10.1 Å². The van der Waals surface area contributed by atoms with Gasteiger partial charge in [-0.2, -0.15) is 0 Å². The number of para-hydroxylation sites is 1. The summed E-state index contributed by atoms with van der Waals surface area (Å²) in [5.41, 5.74) is 2.82. The van der Waals surface area contributed by atoms with Crippen LogP contribution in [0, 0.1) is 13.8 Å². The van der Waals surface area contributed by atoms with Gasteiger partial charge in [0, 0.05) is 0 Å². The molecule has 1 N–H and O–H groups in total. The van der Waals surface area contributed by atoms with Gasteiger partial charge in [-0.25, -0.2) is 0 Å². The molecule has 0 atom stereocenters. The van der Waals surface area contributed by atoms with Crippen LogP contribution in [0.2, 0.25) is 0 Å². The second-order valence-corrected chi connectivity index (χ2v) is 5.43. The first-order chi connectivity index (χ1) is 11.6. The van der Waals surface area contributed by atoms with E-state index in [0.29, 0.717) is 5.75 Å². The Kier molecular flexibility index (Phi) is 6.37. The zero-order valence-corrected chi connectivity index (χ0v) is 13.9. The molecule has 0 saturated heterocycles. The van der Waals surface area contributed by atoms with Crippen LogP contribution in [0.3, 0.4) is 0 Å². The van der Waals surface area contributed by atoms with Crippen molar-refractivity contribution in [1.29, 1.82) is 0 Å². The fourth-order valence-corrected chi connectivity index (χ4v) is 2.18. The molecule has 5 heteroatoms. The monoisotopic (exact) mass is 327 g/mol. The van der Waals surface area contributed by atoms with Crippen LogP contribution in [0.4, 0.5) is 0 Å². The van der Waals surface area contributed by atoms with E-state index in [9.17, 15) is 9.59 Å². The Balaban J connectivity index is 1.70. The van der Waals surface area contributed by atoms with E-state index in [0.717, 1.165) is 16.7 Å². The topological polar surface area (TPSA) is 64.6 Å². The van der Waals surface area contributed by atoms with Crippen molar-refractivity contribution in [2.45, 2.75) is 20.5 Å². The highest BCUT2D eigenvalue weighted by molar-refractivity contribution is 5.82. The summed E-state index contributed by atoms with van der Waals surface area (Å²) in [6.07, 6.45) is 0. The lowest BCUT2D eigenvalue weighted by molar-refractivity contribution is -0.145. The van der Waals surface area contributed by atoms with Crippen LogP contribution >= 0.6 is 0 Å². The van der Waals surface area contributed by atoms with Gasteiger partial charge in [0.05, 0.1) is 0 Å². The molecule has 2 aromatic rings. The SMILES string of the molecule is Cc1cccc(C)c1OCC(=O)NCC(=O)OCc1ccccc1. The zero-order chi connectivity index (χ0) is 17.4. The van der Waals surface area contributed by atoms with Crippen molar-refractivity contribution in [3.8, 4) is 5.75 Å². The van der Waals surface area contributed by atoms with Gasteiger partial charge in [0.25, 0.3) is 5.91 Å². The van der Waals surface area contributed by atoms with Gasteiger partial charge in [0.15, 0.2) is 6.61 Å². The lowest BCUT2D eigenvalue weighted by Crippen LogP contribution is -2.34. The number of amides is 1. The standard InChI is InChI=1S/C19H21NO4/c1-14-7-6-8-15(2)19(14)24-13-17(21)20-11-18(22)23-12-16-9-4-3-5-10-16/h3-10H,11-13H2,1-2H3,(H,20,21). The predicted molar refractivity (Wildman–Crippen MR) is 90.7 cm³/mol. The molecule has 126 valence electrons. The summed E-state index contributed by atoms with van der Waals surface area (Å²) in [5.74, 6) is -0.159. The molecule has 0 heterocycles. The third-order valence-electron chi connectivity index (χ3n) is 3.43. The molecule has 0 aliphatic heterocycles. The van der Waals surface area contributed by atoms with Crippen molar-refractivity contribution in [3.05, 3.63) is 65.2 Å². The van der Waals surface area contributed by atoms with Crippen LogP contribution in [0.5, 0.6) is 5.75 Å². The van der Waals surface area contributed by atoms with E-state index in [4.69, 9.17) is 9.47 Å². The molecule has 0 aliphatic rings. The Labute approximate surface area is 141 Å². The first kappa shape index (κ1) is 17.5. The van der Waals surface area contributed by atoms with Gasteiger partial charge >= 0.3 is 5.97 Å². The Morgan fingerprint density at radius 1 is 0.958 bits per heavy atom. The molecule has 5 nitrogen and oxygen atoms in total. The van der Waals surface area contributed by atoms with Gasteiger partial charge < -0.3 is 14.8 Å². The fourth-order valence-electron chi connectivity index (χ4n) is 2.18. The highest BCUT2D eigenvalue weighted by atomic mass is 16.5. The lowest BCUT2D eigenvalue weighted by Gasteiger charge is -2.12. The number of hydrogen-bond acceptors (Lipinski definition) is 4. The summed E-state index contributed by atoms with van der Waals surface area (Å²) in [4.78, 5) is 23.4. The van der Waals surface area contributed by atoms with E-state index < -0.39 is 5.97 Å². The number of nitrogens with one attached hydrogen (secondary N) is 1. The van der Waals surface area contributed by atoms with Crippen LogP contribution in [-0.4, -0.2) is 25.0 Å². The minimum atomic E-state index is -0.487. The number of benzene rings is 2. The van der Waals surface area contributed by atoms with E-state index in [-0.39, 0.29) is 25.7 Å².